The molecule has 6 heteroatoms. The number of thiocarbonyl (C=S) groups is 1. The lowest BCUT2D eigenvalue weighted by Crippen LogP contribution is -3.14. The number of hydrogen-bond acceptors (Lipinski definition) is 1. The van der Waals surface area contributed by atoms with E-state index in [0.29, 0.717) is 10.0 Å². The Labute approximate surface area is 135 Å². The first-order valence-corrected chi connectivity index (χ1v) is 8.11. The lowest BCUT2D eigenvalue weighted by molar-refractivity contribution is -0.903. The highest BCUT2D eigenvalue weighted by atomic mass is 35.5. The van der Waals surface area contributed by atoms with Gasteiger partial charge in [-0.3, -0.25) is 0 Å². The zero-order chi connectivity index (χ0) is 14.5. The monoisotopic (exact) mass is 332 g/mol. The second-order valence-electron chi connectivity index (χ2n) is 5.02. The number of anilines is 1. The van der Waals surface area contributed by atoms with Crippen LogP contribution in [0.5, 0.6) is 0 Å². The van der Waals surface area contributed by atoms with Crippen molar-refractivity contribution < 1.29 is 4.90 Å². The molecule has 1 fully saturated rings. The number of benzene rings is 1. The number of rotatable bonds is 3. The maximum Gasteiger partial charge on any atom is 0.173 e. The fourth-order valence-corrected chi connectivity index (χ4v) is 3.06. The van der Waals surface area contributed by atoms with E-state index in [9.17, 15) is 0 Å². The molecule has 1 heterocycles. The second kappa shape index (κ2) is 7.46. The third kappa shape index (κ3) is 3.98. The summed E-state index contributed by atoms with van der Waals surface area (Å²) in [5.41, 5.74) is 0.771. The van der Waals surface area contributed by atoms with Crippen LogP contribution in [0, 0.1) is 0 Å². The number of nitrogens with one attached hydrogen (secondary N) is 2. The van der Waals surface area contributed by atoms with E-state index in [1.54, 1.807) is 11.0 Å². The average Bonchev–Trinajstić information content (AvgIpc) is 2.45. The number of nitrogens with zero attached hydrogens (tertiary/aromatic N) is 1. The summed E-state index contributed by atoms with van der Waals surface area (Å²) >= 11 is 17.6. The van der Waals surface area contributed by atoms with Gasteiger partial charge in [0.2, 0.25) is 0 Å². The maximum atomic E-state index is 6.16. The van der Waals surface area contributed by atoms with Gasteiger partial charge in [-0.25, -0.2) is 0 Å². The first-order valence-electron chi connectivity index (χ1n) is 6.95. The van der Waals surface area contributed by atoms with Crippen molar-refractivity contribution in [3.63, 3.8) is 0 Å². The van der Waals surface area contributed by atoms with Crippen molar-refractivity contribution in [1.29, 1.82) is 0 Å². The molecule has 2 rings (SSSR count). The van der Waals surface area contributed by atoms with Crippen molar-refractivity contribution in [3.8, 4) is 0 Å². The molecule has 0 spiro atoms. The van der Waals surface area contributed by atoms with Gasteiger partial charge in [-0.15, -0.1) is 0 Å². The van der Waals surface area contributed by atoms with E-state index in [2.05, 4.69) is 17.1 Å². The summed E-state index contributed by atoms with van der Waals surface area (Å²) in [5.74, 6) is 0. The SMILES string of the molecule is CCC[NH+]1CCN(C(=S)Nc2cccc(Cl)c2Cl)CC1. The van der Waals surface area contributed by atoms with Crippen LogP contribution in [0.3, 0.4) is 0 Å². The van der Waals surface area contributed by atoms with Crippen molar-refractivity contribution in [2.75, 3.05) is 38.0 Å². The Morgan fingerprint density at radius 2 is 2.05 bits per heavy atom. The Kier molecular flexibility index (Phi) is 5.90. The molecular weight excluding hydrogens is 313 g/mol. The fraction of sp³-hybridized carbons (Fsp3) is 0.500. The molecule has 1 aliphatic rings. The highest BCUT2D eigenvalue weighted by Crippen LogP contribution is 2.29. The van der Waals surface area contributed by atoms with Gasteiger partial charge in [-0.05, 0) is 30.8 Å². The molecule has 0 aliphatic carbocycles. The minimum absolute atomic E-state index is 0.520. The predicted molar refractivity (Wildman–Crippen MR) is 90.1 cm³/mol. The van der Waals surface area contributed by atoms with Crippen LogP contribution in [0.2, 0.25) is 10.0 Å². The lowest BCUT2D eigenvalue weighted by atomic mass is 10.3. The van der Waals surface area contributed by atoms with Gasteiger partial charge in [-0.2, -0.15) is 0 Å². The van der Waals surface area contributed by atoms with Gasteiger partial charge >= 0.3 is 0 Å². The van der Waals surface area contributed by atoms with Crippen molar-refractivity contribution in [2.45, 2.75) is 13.3 Å². The van der Waals surface area contributed by atoms with E-state index < -0.39 is 0 Å². The number of hydrogen-bond donors (Lipinski definition) is 2. The maximum absolute atomic E-state index is 6.16. The van der Waals surface area contributed by atoms with E-state index in [0.717, 1.165) is 37.0 Å². The zero-order valence-electron chi connectivity index (χ0n) is 11.6. The molecule has 0 amide bonds. The molecule has 3 nitrogen and oxygen atoms in total. The average molecular weight is 333 g/mol. The number of piperazine rings is 1. The van der Waals surface area contributed by atoms with E-state index in [-0.39, 0.29) is 0 Å². The minimum Gasteiger partial charge on any atom is -0.338 e. The van der Waals surface area contributed by atoms with Gasteiger partial charge in [0.15, 0.2) is 5.11 Å². The quantitative estimate of drug-likeness (QED) is 0.828. The number of quaternary nitrogens is 1. The van der Waals surface area contributed by atoms with Crippen molar-refractivity contribution in [2.24, 2.45) is 0 Å². The van der Waals surface area contributed by atoms with Crippen LogP contribution in [-0.4, -0.2) is 42.7 Å². The largest absolute Gasteiger partial charge is 0.338 e. The predicted octanol–water partition coefficient (Wildman–Crippen LogP) is 2.30. The molecule has 20 heavy (non-hydrogen) atoms. The molecule has 1 aromatic carbocycles. The summed E-state index contributed by atoms with van der Waals surface area (Å²) < 4.78 is 0. The Morgan fingerprint density at radius 3 is 2.70 bits per heavy atom. The summed E-state index contributed by atoms with van der Waals surface area (Å²) in [7, 11) is 0. The van der Waals surface area contributed by atoms with Crippen LogP contribution in [0.15, 0.2) is 18.2 Å². The minimum atomic E-state index is 0.520. The van der Waals surface area contributed by atoms with Gasteiger partial charge in [0.25, 0.3) is 0 Å². The van der Waals surface area contributed by atoms with Crippen LogP contribution in [0.4, 0.5) is 5.69 Å². The lowest BCUT2D eigenvalue weighted by Gasteiger charge is -2.33. The Hall–Kier alpha value is -0.550. The number of halogens is 2. The molecule has 0 unspecified atom stereocenters. The van der Waals surface area contributed by atoms with Crippen molar-refractivity contribution >= 4 is 46.2 Å². The normalized spacial score (nSPS) is 16.2. The summed E-state index contributed by atoms with van der Waals surface area (Å²) in [6.45, 7) is 7.72. The van der Waals surface area contributed by atoms with E-state index >= 15 is 0 Å². The van der Waals surface area contributed by atoms with E-state index in [1.165, 1.54) is 13.0 Å². The first-order chi connectivity index (χ1) is 9.61. The molecule has 1 saturated heterocycles. The summed E-state index contributed by atoms with van der Waals surface area (Å²) in [4.78, 5) is 3.86. The highest BCUT2D eigenvalue weighted by molar-refractivity contribution is 7.80. The Bertz CT molecular complexity index is 473. The fourth-order valence-electron chi connectivity index (χ4n) is 2.42. The third-order valence-corrected chi connectivity index (χ3v) is 4.73. The molecule has 0 atom stereocenters. The van der Waals surface area contributed by atoms with Gasteiger partial charge in [-0.1, -0.05) is 36.2 Å². The van der Waals surface area contributed by atoms with Gasteiger partial charge in [0, 0.05) is 0 Å². The first kappa shape index (κ1) is 15.8. The van der Waals surface area contributed by atoms with Gasteiger partial charge < -0.3 is 15.1 Å². The Morgan fingerprint density at radius 1 is 1.35 bits per heavy atom. The molecule has 0 saturated carbocycles. The second-order valence-corrected chi connectivity index (χ2v) is 6.19. The smallest absolute Gasteiger partial charge is 0.173 e. The molecule has 110 valence electrons. The van der Waals surface area contributed by atoms with Gasteiger partial charge in [0.1, 0.15) is 0 Å². The molecule has 0 radical (unpaired) electrons. The van der Waals surface area contributed by atoms with Crippen LogP contribution in [-0.2, 0) is 0 Å². The van der Waals surface area contributed by atoms with Crippen molar-refractivity contribution in [1.82, 2.24) is 4.90 Å². The summed E-state index contributed by atoms with van der Waals surface area (Å²) in [5, 5.41) is 4.98. The topological polar surface area (TPSA) is 19.7 Å². The Balaban J connectivity index is 1.91. The molecule has 0 bridgehead atoms. The van der Waals surface area contributed by atoms with Crippen LogP contribution in [0.1, 0.15) is 13.3 Å². The van der Waals surface area contributed by atoms with Crippen LogP contribution >= 0.6 is 35.4 Å². The van der Waals surface area contributed by atoms with Crippen LogP contribution < -0.4 is 10.2 Å². The molecule has 1 aliphatic heterocycles. The summed E-state index contributed by atoms with van der Waals surface area (Å²) in [6, 6.07) is 5.52. The standard InChI is InChI=1S/C14H19Cl2N3S/c1-2-6-18-7-9-19(10-8-18)14(20)17-12-5-3-4-11(15)13(12)16/h3-5H,2,6-10H2,1H3,(H,17,20)/p+1. The zero-order valence-corrected chi connectivity index (χ0v) is 13.9. The highest BCUT2D eigenvalue weighted by Gasteiger charge is 2.21. The molecular formula is C14H20Cl2N3S+. The third-order valence-electron chi connectivity index (χ3n) is 3.55. The molecule has 0 aromatic heterocycles. The van der Waals surface area contributed by atoms with Crippen LogP contribution in [0.25, 0.3) is 0 Å². The molecule has 2 N–H and O–H groups in total. The van der Waals surface area contributed by atoms with E-state index in [4.69, 9.17) is 35.4 Å². The van der Waals surface area contributed by atoms with Gasteiger partial charge in [0.05, 0.1) is 48.5 Å². The van der Waals surface area contributed by atoms with Crippen molar-refractivity contribution in [3.05, 3.63) is 28.2 Å². The summed E-state index contributed by atoms with van der Waals surface area (Å²) in [6.07, 6.45) is 1.23. The molecule has 1 aromatic rings. The van der Waals surface area contributed by atoms with E-state index in [1.807, 2.05) is 12.1 Å².